The maximum absolute atomic E-state index is 11.4. The molecule has 172 valence electrons. The van der Waals surface area contributed by atoms with Crippen LogP contribution in [0, 0.1) is 11.8 Å². The van der Waals surface area contributed by atoms with E-state index in [-0.39, 0.29) is 30.5 Å². The Hall–Kier alpha value is -0.910. The van der Waals surface area contributed by atoms with Gasteiger partial charge in [-0.3, -0.25) is 0 Å². The van der Waals surface area contributed by atoms with Gasteiger partial charge in [-0.05, 0) is 69.8 Å². The second-order valence-corrected chi connectivity index (χ2v) is 9.11. The molecule has 2 aliphatic heterocycles. The van der Waals surface area contributed by atoms with Gasteiger partial charge in [-0.15, -0.1) is 0 Å². The minimum Gasteiger partial charge on any atom is -0.469 e. The molecule has 3 aliphatic rings. The van der Waals surface area contributed by atoms with Crippen LogP contribution in [0.2, 0.25) is 0 Å². The van der Waals surface area contributed by atoms with Crippen LogP contribution in [0.3, 0.4) is 0 Å². The fraction of sp³-hybridized carbons (Fsp3) is 0.880. The third-order valence-electron chi connectivity index (χ3n) is 6.73. The van der Waals surface area contributed by atoms with Gasteiger partial charge in [0.1, 0.15) is 12.0 Å². The van der Waals surface area contributed by atoms with Crippen molar-refractivity contribution in [1.29, 1.82) is 0 Å². The van der Waals surface area contributed by atoms with E-state index in [2.05, 4.69) is 13.0 Å². The van der Waals surface area contributed by atoms with Gasteiger partial charge in [0.05, 0.1) is 12.7 Å². The zero-order valence-corrected chi connectivity index (χ0v) is 18.9. The van der Waals surface area contributed by atoms with Gasteiger partial charge in [-0.1, -0.05) is 26.2 Å². The smallest absolute Gasteiger partial charge is 0.199 e. The summed E-state index contributed by atoms with van der Waals surface area (Å²) >= 11 is 0. The third-order valence-corrected chi connectivity index (χ3v) is 6.73. The Morgan fingerprint density at radius 1 is 0.933 bits per heavy atom. The molecule has 0 aromatic heterocycles. The molecule has 0 aromatic rings. The molecule has 0 aromatic carbocycles. The van der Waals surface area contributed by atoms with Gasteiger partial charge in [-0.2, -0.15) is 0 Å². The third kappa shape index (κ3) is 7.35. The lowest BCUT2D eigenvalue weighted by Crippen LogP contribution is -2.34. The molecule has 1 saturated carbocycles. The zero-order chi connectivity index (χ0) is 21.0. The van der Waals surface area contributed by atoms with Gasteiger partial charge in [0, 0.05) is 25.4 Å². The van der Waals surface area contributed by atoms with Crippen LogP contribution in [0.4, 0.5) is 0 Å². The molecule has 2 heterocycles. The Morgan fingerprint density at radius 2 is 1.70 bits per heavy atom. The van der Waals surface area contributed by atoms with E-state index in [0.717, 1.165) is 83.0 Å². The predicted octanol–water partition coefficient (Wildman–Crippen LogP) is 5.91. The lowest BCUT2D eigenvalue weighted by molar-refractivity contribution is -0.200. The van der Waals surface area contributed by atoms with Crippen molar-refractivity contribution in [3.8, 4) is 0 Å². The average molecular weight is 423 g/mol. The molecule has 2 saturated heterocycles. The molecule has 0 bridgehead atoms. The average Bonchev–Trinajstić information content (AvgIpc) is 3.16. The monoisotopic (exact) mass is 422 g/mol. The summed E-state index contributed by atoms with van der Waals surface area (Å²) in [6, 6.07) is 0. The van der Waals surface area contributed by atoms with Crippen LogP contribution in [0.25, 0.3) is 0 Å². The minimum absolute atomic E-state index is 0.0588. The molecule has 3 rings (SSSR count). The maximum Gasteiger partial charge on any atom is 0.199 e. The molecule has 2 unspecified atom stereocenters. The second-order valence-electron chi connectivity index (χ2n) is 9.11. The summed E-state index contributed by atoms with van der Waals surface area (Å²) in [5.74, 6) is 1.41. The number of hydrogen-bond donors (Lipinski definition) is 0. The van der Waals surface area contributed by atoms with Crippen LogP contribution in [0.1, 0.15) is 96.8 Å². The van der Waals surface area contributed by atoms with Crippen molar-refractivity contribution in [2.24, 2.45) is 11.8 Å². The quantitative estimate of drug-likeness (QED) is 0.222. The molecule has 5 atom stereocenters. The SMILES string of the molecule is CCCCCCC=C(OC1CCCCO1)[C@@H]1[C@H](CC=O)CC[C@@H]1OC1CCCCO1. The van der Waals surface area contributed by atoms with Crippen molar-refractivity contribution in [2.45, 2.75) is 115 Å². The first-order valence-corrected chi connectivity index (χ1v) is 12.5. The van der Waals surface area contributed by atoms with E-state index < -0.39 is 0 Å². The number of ether oxygens (including phenoxy) is 4. The first-order chi connectivity index (χ1) is 14.8. The predicted molar refractivity (Wildman–Crippen MR) is 117 cm³/mol. The molecule has 5 heteroatoms. The molecule has 0 spiro atoms. The standard InChI is InChI=1S/C25H42O5/c1-2-3-4-5-6-11-21(29-23-12-7-9-18-27-23)25-20(16-17-26)14-15-22(25)30-24-13-8-10-19-28-24/h11,17,20,22-25H,2-10,12-16,18-19H2,1H3/t20-,22-,23?,24?,25-/m0/s1. The van der Waals surface area contributed by atoms with Gasteiger partial charge in [-0.25, -0.2) is 0 Å². The molecule has 0 N–H and O–H groups in total. The molecule has 1 aliphatic carbocycles. The Morgan fingerprint density at radius 3 is 2.37 bits per heavy atom. The van der Waals surface area contributed by atoms with Gasteiger partial charge >= 0.3 is 0 Å². The Bertz CT molecular complexity index is 508. The van der Waals surface area contributed by atoms with Crippen molar-refractivity contribution in [2.75, 3.05) is 13.2 Å². The Kier molecular flexibility index (Phi) is 10.7. The summed E-state index contributed by atoms with van der Waals surface area (Å²) in [4.78, 5) is 11.4. The summed E-state index contributed by atoms with van der Waals surface area (Å²) in [6.07, 6.45) is 18.0. The number of hydrogen-bond acceptors (Lipinski definition) is 5. The molecular formula is C25H42O5. The van der Waals surface area contributed by atoms with Crippen molar-refractivity contribution in [3.05, 3.63) is 11.8 Å². The highest BCUT2D eigenvalue weighted by Gasteiger charge is 2.42. The summed E-state index contributed by atoms with van der Waals surface area (Å²) in [6.45, 7) is 3.79. The van der Waals surface area contributed by atoms with Crippen LogP contribution in [0.15, 0.2) is 11.8 Å². The number of rotatable bonds is 12. The first-order valence-electron chi connectivity index (χ1n) is 12.5. The first kappa shape index (κ1) is 23.7. The van der Waals surface area contributed by atoms with Gasteiger partial charge in [0.25, 0.3) is 0 Å². The van der Waals surface area contributed by atoms with Crippen LogP contribution in [-0.4, -0.2) is 38.2 Å². The number of carbonyl (C=O) groups excluding carboxylic acids is 1. The summed E-state index contributed by atoms with van der Waals surface area (Å²) in [7, 11) is 0. The molecule has 30 heavy (non-hydrogen) atoms. The van der Waals surface area contributed by atoms with Gasteiger partial charge in [0.2, 0.25) is 0 Å². The van der Waals surface area contributed by atoms with Crippen molar-refractivity contribution >= 4 is 6.29 Å². The van der Waals surface area contributed by atoms with Crippen LogP contribution >= 0.6 is 0 Å². The highest BCUT2D eigenvalue weighted by Crippen LogP contribution is 2.43. The molecule has 5 nitrogen and oxygen atoms in total. The summed E-state index contributed by atoms with van der Waals surface area (Å²) in [5, 5.41) is 0. The Balaban J connectivity index is 1.71. The Labute approximate surface area is 182 Å². The van der Waals surface area contributed by atoms with Gasteiger partial charge < -0.3 is 23.7 Å². The zero-order valence-electron chi connectivity index (χ0n) is 18.9. The number of allylic oxidation sites excluding steroid dienone is 1. The summed E-state index contributed by atoms with van der Waals surface area (Å²) < 4.78 is 24.7. The van der Waals surface area contributed by atoms with Crippen molar-refractivity contribution < 1.29 is 23.7 Å². The second kappa shape index (κ2) is 13.5. The van der Waals surface area contributed by atoms with E-state index in [4.69, 9.17) is 18.9 Å². The largest absolute Gasteiger partial charge is 0.469 e. The van der Waals surface area contributed by atoms with E-state index in [9.17, 15) is 4.79 Å². The highest BCUT2D eigenvalue weighted by molar-refractivity contribution is 5.50. The lowest BCUT2D eigenvalue weighted by Gasteiger charge is -2.33. The van der Waals surface area contributed by atoms with Crippen molar-refractivity contribution in [3.63, 3.8) is 0 Å². The minimum atomic E-state index is -0.162. The number of aldehydes is 1. The van der Waals surface area contributed by atoms with Crippen molar-refractivity contribution in [1.82, 2.24) is 0 Å². The van der Waals surface area contributed by atoms with E-state index >= 15 is 0 Å². The number of unbranched alkanes of at least 4 members (excludes halogenated alkanes) is 4. The topological polar surface area (TPSA) is 54.0 Å². The van der Waals surface area contributed by atoms with E-state index in [0.29, 0.717) is 6.42 Å². The highest BCUT2D eigenvalue weighted by atomic mass is 16.7. The number of carbonyl (C=O) groups is 1. The fourth-order valence-corrected chi connectivity index (χ4v) is 5.04. The van der Waals surface area contributed by atoms with E-state index in [1.165, 1.54) is 25.7 Å². The molecular weight excluding hydrogens is 380 g/mol. The maximum atomic E-state index is 11.4. The van der Waals surface area contributed by atoms with Crippen LogP contribution < -0.4 is 0 Å². The molecule has 0 amide bonds. The fourth-order valence-electron chi connectivity index (χ4n) is 5.04. The van der Waals surface area contributed by atoms with E-state index in [1.54, 1.807) is 0 Å². The molecule has 0 radical (unpaired) electrons. The summed E-state index contributed by atoms with van der Waals surface area (Å²) in [5.41, 5.74) is 0. The lowest BCUT2D eigenvalue weighted by atomic mass is 9.89. The van der Waals surface area contributed by atoms with Crippen LogP contribution in [-0.2, 0) is 23.7 Å². The van der Waals surface area contributed by atoms with Gasteiger partial charge in [0.15, 0.2) is 12.6 Å². The van der Waals surface area contributed by atoms with E-state index in [1.807, 2.05) is 0 Å². The van der Waals surface area contributed by atoms with Crippen LogP contribution in [0.5, 0.6) is 0 Å². The normalized spacial score (nSPS) is 32.8. The molecule has 3 fully saturated rings.